The normalized spacial score (nSPS) is 10.4. The summed E-state index contributed by atoms with van der Waals surface area (Å²) in [5.74, 6) is -3.67. The van der Waals surface area contributed by atoms with Crippen LogP contribution < -0.4 is 10.6 Å². The van der Waals surface area contributed by atoms with Crippen molar-refractivity contribution in [2.75, 3.05) is 17.2 Å². The molecule has 0 saturated carbocycles. The van der Waals surface area contributed by atoms with Gasteiger partial charge in [0.1, 0.15) is 0 Å². The first-order valence-electron chi connectivity index (χ1n) is 5.96. The number of halogens is 3. The Morgan fingerprint density at radius 3 is 2.70 bits per heavy atom. The van der Waals surface area contributed by atoms with Crippen molar-refractivity contribution in [2.45, 2.75) is 13.3 Å². The topological polar surface area (TPSA) is 62.7 Å². The van der Waals surface area contributed by atoms with Crippen LogP contribution in [0.2, 0.25) is 0 Å². The van der Waals surface area contributed by atoms with Crippen LogP contribution in [0.15, 0.2) is 18.3 Å². The fourth-order valence-electron chi connectivity index (χ4n) is 1.44. The second-order valence-electron chi connectivity index (χ2n) is 3.94. The number of hydrogen-bond acceptors (Lipinski definition) is 5. The van der Waals surface area contributed by atoms with Gasteiger partial charge in [-0.3, -0.25) is 0 Å². The average Bonchev–Trinajstić information content (AvgIpc) is 2.46. The summed E-state index contributed by atoms with van der Waals surface area (Å²) in [6.07, 6.45) is 2.12. The molecule has 20 heavy (non-hydrogen) atoms. The quantitative estimate of drug-likeness (QED) is 0.826. The first-order chi connectivity index (χ1) is 9.61. The highest BCUT2D eigenvalue weighted by molar-refractivity contribution is 5.57. The van der Waals surface area contributed by atoms with Gasteiger partial charge < -0.3 is 10.6 Å². The summed E-state index contributed by atoms with van der Waals surface area (Å²) in [6, 6.07) is 1.90. The molecule has 1 aromatic carbocycles. The van der Waals surface area contributed by atoms with E-state index in [0.717, 1.165) is 18.6 Å². The molecule has 1 aromatic heterocycles. The Labute approximate surface area is 113 Å². The first-order valence-corrected chi connectivity index (χ1v) is 5.96. The van der Waals surface area contributed by atoms with E-state index in [9.17, 15) is 13.2 Å². The molecular weight excluding hydrogens is 271 g/mol. The lowest BCUT2D eigenvalue weighted by Crippen LogP contribution is -2.07. The molecule has 106 valence electrons. The summed E-state index contributed by atoms with van der Waals surface area (Å²) in [6.45, 7) is 2.63. The number of rotatable bonds is 5. The van der Waals surface area contributed by atoms with Crippen LogP contribution in [0.25, 0.3) is 0 Å². The second-order valence-corrected chi connectivity index (χ2v) is 3.94. The molecule has 2 aromatic rings. The minimum atomic E-state index is -1.54. The summed E-state index contributed by atoms with van der Waals surface area (Å²) in [5, 5.41) is 12.8. The van der Waals surface area contributed by atoms with Crippen molar-refractivity contribution in [2.24, 2.45) is 0 Å². The van der Waals surface area contributed by atoms with Crippen molar-refractivity contribution < 1.29 is 13.2 Å². The Hall–Kier alpha value is -2.38. The van der Waals surface area contributed by atoms with E-state index in [2.05, 4.69) is 25.8 Å². The molecule has 5 nitrogen and oxygen atoms in total. The van der Waals surface area contributed by atoms with Crippen LogP contribution in [0.4, 0.5) is 30.6 Å². The third-order valence-corrected chi connectivity index (χ3v) is 2.39. The SMILES string of the molecule is CCCNc1nncc(Nc2ccc(F)c(F)c2F)n1. The summed E-state index contributed by atoms with van der Waals surface area (Å²) in [5.41, 5.74) is -0.231. The highest BCUT2D eigenvalue weighted by Crippen LogP contribution is 2.22. The van der Waals surface area contributed by atoms with Crippen LogP contribution >= 0.6 is 0 Å². The van der Waals surface area contributed by atoms with Gasteiger partial charge in [-0.15, -0.1) is 5.10 Å². The zero-order valence-electron chi connectivity index (χ0n) is 10.6. The molecular formula is C12H12F3N5. The average molecular weight is 283 g/mol. The van der Waals surface area contributed by atoms with Crippen LogP contribution in [0.5, 0.6) is 0 Å². The van der Waals surface area contributed by atoms with Crippen LogP contribution in [-0.4, -0.2) is 21.7 Å². The lowest BCUT2D eigenvalue weighted by Gasteiger charge is -2.08. The van der Waals surface area contributed by atoms with E-state index in [4.69, 9.17) is 0 Å². The smallest absolute Gasteiger partial charge is 0.244 e. The minimum Gasteiger partial charge on any atom is -0.353 e. The molecule has 0 unspecified atom stereocenters. The van der Waals surface area contributed by atoms with E-state index in [1.165, 1.54) is 6.20 Å². The molecule has 0 fully saturated rings. The molecule has 0 radical (unpaired) electrons. The Morgan fingerprint density at radius 2 is 1.95 bits per heavy atom. The van der Waals surface area contributed by atoms with Crippen molar-refractivity contribution in [1.29, 1.82) is 0 Å². The summed E-state index contributed by atoms with van der Waals surface area (Å²) >= 11 is 0. The Bertz CT molecular complexity index is 606. The lowest BCUT2D eigenvalue weighted by molar-refractivity contribution is 0.449. The van der Waals surface area contributed by atoms with E-state index in [1.54, 1.807) is 0 Å². The van der Waals surface area contributed by atoms with Gasteiger partial charge in [-0.25, -0.2) is 13.2 Å². The highest BCUT2D eigenvalue weighted by atomic mass is 19.2. The monoisotopic (exact) mass is 283 g/mol. The minimum absolute atomic E-state index is 0.170. The van der Waals surface area contributed by atoms with E-state index >= 15 is 0 Å². The molecule has 2 N–H and O–H groups in total. The molecule has 0 aliphatic heterocycles. The van der Waals surface area contributed by atoms with Gasteiger partial charge in [0.25, 0.3) is 0 Å². The highest BCUT2D eigenvalue weighted by Gasteiger charge is 2.14. The summed E-state index contributed by atoms with van der Waals surface area (Å²) < 4.78 is 39.4. The van der Waals surface area contributed by atoms with Crippen LogP contribution in [0, 0.1) is 17.5 Å². The number of aromatic nitrogens is 3. The van der Waals surface area contributed by atoms with Gasteiger partial charge in [0, 0.05) is 6.54 Å². The molecule has 0 bridgehead atoms. The van der Waals surface area contributed by atoms with Crippen LogP contribution in [0.1, 0.15) is 13.3 Å². The maximum absolute atomic E-state index is 13.5. The summed E-state index contributed by atoms with van der Waals surface area (Å²) in [4.78, 5) is 4.02. The number of benzene rings is 1. The molecule has 0 saturated heterocycles. The maximum atomic E-state index is 13.5. The molecule has 0 aliphatic rings. The number of hydrogen-bond donors (Lipinski definition) is 2. The third-order valence-electron chi connectivity index (χ3n) is 2.39. The number of anilines is 3. The maximum Gasteiger partial charge on any atom is 0.244 e. The molecule has 0 atom stereocenters. The van der Waals surface area contributed by atoms with E-state index in [1.807, 2.05) is 6.92 Å². The van der Waals surface area contributed by atoms with Gasteiger partial charge in [0.15, 0.2) is 23.3 Å². The number of nitrogens with one attached hydrogen (secondary N) is 2. The molecule has 0 amide bonds. The van der Waals surface area contributed by atoms with Crippen molar-refractivity contribution in [1.82, 2.24) is 15.2 Å². The van der Waals surface area contributed by atoms with Crippen molar-refractivity contribution in [3.05, 3.63) is 35.8 Å². The predicted octanol–water partition coefficient (Wildman–Crippen LogP) is 2.85. The molecule has 2 rings (SSSR count). The van der Waals surface area contributed by atoms with Gasteiger partial charge in [-0.05, 0) is 18.6 Å². The molecule has 1 heterocycles. The van der Waals surface area contributed by atoms with Gasteiger partial charge in [-0.2, -0.15) is 10.1 Å². The van der Waals surface area contributed by atoms with E-state index in [-0.39, 0.29) is 17.5 Å². The number of nitrogens with zero attached hydrogens (tertiary/aromatic N) is 3. The van der Waals surface area contributed by atoms with Crippen LogP contribution in [-0.2, 0) is 0 Å². The van der Waals surface area contributed by atoms with Gasteiger partial charge >= 0.3 is 0 Å². The predicted molar refractivity (Wildman–Crippen MR) is 68.2 cm³/mol. The Balaban J connectivity index is 2.20. The fraction of sp³-hybridized carbons (Fsp3) is 0.250. The Kier molecular flexibility index (Phi) is 4.34. The van der Waals surface area contributed by atoms with Crippen molar-refractivity contribution in [3.63, 3.8) is 0 Å². The van der Waals surface area contributed by atoms with Crippen molar-refractivity contribution >= 4 is 17.5 Å². The van der Waals surface area contributed by atoms with Gasteiger partial charge in [0.05, 0.1) is 11.9 Å². The fourth-order valence-corrected chi connectivity index (χ4v) is 1.44. The standard InChI is InChI=1S/C12H12F3N5/c1-2-5-16-12-19-9(6-17-20-12)18-8-4-3-7(13)10(14)11(8)15/h3-4,6H,2,5H2,1H3,(H2,16,18,19,20). The molecule has 0 aliphatic carbocycles. The van der Waals surface area contributed by atoms with Crippen LogP contribution in [0.3, 0.4) is 0 Å². The van der Waals surface area contributed by atoms with Gasteiger partial charge in [0.2, 0.25) is 5.95 Å². The zero-order chi connectivity index (χ0) is 14.5. The van der Waals surface area contributed by atoms with Gasteiger partial charge in [-0.1, -0.05) is 6.92 Å². The van der Waals surface area contributed by atoms with E-state index in [0.29, 0.717) is 6.54 Å². The molecule has 0 spiro atoms. The zero-order valence-corrected chi connectivity index (χ0v) is 10.6. The molecule has 8 heteroatoms. The third kappa shape index (κ3) is 3.14. The van der Waals surface area contributed by atoms with Crippen molar-refractivity contribution in [3.8, 4) is 0 Å². The van der Waals surface area contributed by atoms with E-state index < -0.39 is 17.5 Å². The Morgan fingerprint density at radius 1 is 1.15 bits per heavy atom. The summed E-state index contributed by atoms with van der Waals surface area (Å²) in [7, 11) is 0. The lowest BCUT2D eigenvalue weighted by atomic mass is 10.3. The first kappa shape index (κ1) is 14.0. The second kappa shape index (κ2) is 6.18. The largest absolute Gasteiger partial charge is 0.353 e.